The van der Waals surface area contributed by atoms with E-state index >= 15 is 0 Å². The number of benzene rings is 1. The van der Waals surface area contributed by atoms with Gasteiger partial charge in [-0.05, 0) is 50.2 Å². The number of carboxylic acid groups (broad SMARTS) is 1. The number of rotatable bonds is 4. The van der Waals surface area contributed by atoms with Crippen LogP contribution in [0.5, 0.6) is 0 Å². The van der Waals surface area contributed by atoms with Crippen molar-refractivity contribution in [3.63, 3.8) is 0 Å². The van der Waals surface area contributed by atoms with Gasteiger partial charge in [-0.15, -0.1) is 0 Å². The number of aromatic nitrogens is 2. The van der Waals surface area contributed by atoms with Crippen LogP contribution in [0.25, 0.3) is 11.4 Å². The SMILES string of the molecule is O=C(O)[C@@H]1C[C@@H]2CCCC[C@H]2N1C(=O)c1cccc(-c2noc(C3CC3)n2)c1. The number of hydrogen-bond donors (Lipinski definition) is 1. The Bertz CT molecular complexity index is 920. The molecular formula is C21H23N3O4. The van der Waals surface area contributed by atoms with Gasteiger partial charge < -0.3 is 14.5 Å². The summed E-state index contributed by atoms with van der Waals surface area (Å²) in [6.07, 6.45) is 6.76. The van der Waals surface area contributed by atoms with Gasteiger partial charge in [0.25, 0.3) is 5.91 Å². The first kappa shape index (κ1) is 17.4. The summed E-state index contributed by atoms with van der Waals surface area (Å²) >= 11 is 0. The third-order valence-electron chi connectivity index (χ3n) is 6.34. The van der Waals surface area contributed by atoms with Gasteiger partial charge in [-0.3, -0.25) is 4.79 Å². The number of hydrogen-bond acceptors (Lipinski definition) is 5. The molecule has 3 atom stereocenters. The van der Waals surface area contributed by atoms with E-state index in [4.69, 9.17) is 4.52 Å². The first-order chi connectivity index (χ1) is 13.6. The lowest BCUT2D eigenvalue weighted by Gasteiger charge is -2.33. The number of likely N-dealkylation sites (tertiary alicyclic amines) is 1. The van der Waals surface area contributed by atoms with Crippen molar-refractivity contribution in [3.05, 3.63) is 35.7 Å². The van der Waals surface area contributed by atoms with Crippen LogP contribution in [-0.4, -0.2) is 44.1 Å². The first-order valence-electron chi connectivity index (χ1n) is 10.1. The van der Waals surface area contributed by atoms with Crippen LogP contribution >= 0.6 is 0 Å². The van der Waals surface area contributed by atoms with Gasteiger partial charge in [0.1, 0.15) is 6.04 Å². The van der Waals surface area contributed by atoms with E-state index in [0.29, 0.717) is 41.1 Å². The van der Waals surface area contributed by atoms with Crippen molar-refractivity contribution in [2.45, 2.75) is 62.9 Å². The lowest BCUT2D eigenvalue weighted by atomic mass is 9.84. The molecule has 0 bridgehead atoms. The van der Waals surface area contributed by atoms with Gasteiger partial charge in [0, 0.05) is 23.1 Å². The predicted molar refractivity (Wildman–Crippen MR) is 99.7 cm³/mol. The van der Waals surface area contributed by atoms with Gasteiger partial charge in [-0.25, -0.2) is 4.79 Å². The van der Waals surface area contributed by atoms with Crippen LogP contribution in [0.1, 0.15) is 67.1 Å². The standard InChI is InChI=1S/C21H23N3O4/c25-20(24-16-7-2-1-4-13(16)11-17(24)21(26)27)15-6-3-5-14(10-15)18-22-19(28-23-18)12-8-9-12/h3,5-6,10,12-13,16-17H,1-2,4,7-9,11H2,(H,26,27)/t13-,16+,17-/m0/s1. The molecule has 28 heavy (non-hydrogen) atoms. The maximum atomic E-state index is 13.3. The fraction of sp³-hybridized carbons (Fsp3) is 0.524. The van der Waals surface area contributed by atoms with Crippen molar-refractivity contribution in [3.8, 4) is 11.4 Å². The summed E-state index contributed by atoms with van der Waals surface area (Å²) in [5.74, 6) is 0.668. The Kier molecular flexibility index (Phi) is 4.18. The summed E-state index contributed by atoms with van der Waals surface area (Å²) in [6, 6.07) is 6.41. The van der Waals surface area contributed by atoms with Gasteiger partial charge in [0.2, 0.25) is 11.7 Å². The van der Waals surface area contributed by atoms with Gasteiger partial charge in [0.15, 0.2) is 0 Å². The molecular weight excluding hydrogens is 358 g/mol. The van der Waals surface area contributed by atoms with Crippen molar-refractivity contribution in [2.75, 3.05) is 0 Å². The van der Waals surface area contributed by atoms with Gasteiger partial charge >= 0.3 is 5.97 Å². The molecule has 3 fully saturated rings. The fourth-order valence-electron chi connectivity index (χ4n) is 4.76. The molecule has 7 nitrogen and oxygen atoms in total. The van der Waals surface area contributed by atoms with Crippen LogP contribution in [-0.2, 0) is 4.79 Å². The molecule has 1 N–H and O–H groups in total. The normalized spacial score (nSPS) is 26.9. The van der Waals surface area contributed by atoms with Gasteiger partial charge in [0.05, 0.1) is 0 Å². The number of aliphatic carboxylic acids is 1. The van der Waals surface area contributed by atoms with Gasteiger partial charge in [-0.2, -0.15) is 4.98 Å². The number of fused-ring (bicyclic) bond motifs is 1. The highest BCUT2D eigenvalue weighted by Crippen LogP contribution is 2.41. The molecule has 5 rings (SSSR count). The van der Waals surface area contributed by atoms with Crippen molar-refractivity contribution < 1.29 is 19.2 Å². The molecule has 1 aromatic heterocycles. The fourth-order valence-corrected chi connectivity index (χ4v) is 4.76. The number of carboxylic acids is 1. The van der Waals surface area contributed by atoms with E-state index in [2.05, 4.69) is 10.1 Å². The molecule has 2 aliphatic carbocycles. The molecule has 3 aliphatic rings. The average molecular weight is 381 g/mol. The molecule has 146 valence electrons. The largest absolute Gasteiger partial charge is 0.480 e. The Morgan fingerprint density at radius 1 is 1.14 bits per heavy atom. The highest BCUT2D eigenvalue weighted by molar-refractivity contribution is 5.98. The molecule has 2 aromatic rings. The molecule has 1 aromatic carbocycles. The second-order valence-electron chi connectivity index (χ2n) is 8.23. The third kappa shape index (κ3) is 2.99. The second-order valence-corrected chi connectivity index (χ2v) is 8.23. The van der Waals surface area contributed by atoms with E-state index in [1.807, 2.05) is 6.07 Å². The molecule has 2 saturated carbocycles. The van der Waals surface area contributed by atoms with Crippen molar-refractivity contribution in [1.82, 2.24) is 15.0 Å². The van der Waals surface area contributed by atoms with E-state index in [1.165, 1.54) is 0 Å². The van der Waals surface area contributed by atoms with Crippen LogP contribution in [0.2, 0.25) is 0 Å². The Balaban J connectivity index is 1.44. The highest BCUT2D eigenvalue weighted by atomic mass is 16.5. The van der Waals surface area contributed by atoms with E-state index in [9.17, 15) is 14.7 Å². The van der Waals surface area contributed by atoms with Crippen LogP contribution in [0.15, 0.2) is 28.8 Å². The summed E-state index contributed by atoms with van der Waals surface area (Å²) < 4.78 is 5.33. The molecule has 1 amide bonds. The number of nitrogens with zero attached hydrogens (tertiary/aromatic N) is 3. The minimum Gasteiger partial charge on any atom is -0.480 e. The predicted octanol–water partition coefficient (Wildman–Crippen LogP) is 3.47. The zero-order valence-electron chi connectivity index (χ0n) is 15.6. The molecule has 0 spiro atoms. The molecule has 7 heteroatoms. The van der Waals surface area contributed by atoms with Crippen molar-refractivity contribution >= 4 is 11.9 Å². The lowest BCUT2D eigenvalue weighted by molar-refractivity contribution is -0.141. The Morgan fingerprint density at radius 3 is 2.75 bits per heavy atom. The summed E-state index contributed by atoms with van der Waals surface area (Å²) in [7, 11) is 0. The average Bonchev–Trinajstić information content (AvgIpc) is 3.31. The Labute approximate surface area is 162 Å². The van der Waals surface area contributed by atoms with Crippen molar-refractivity contribution in [2.24, 2.45) is 5.92 Å². The van der Waals surface area contributed by atoms with E-state index < -0.39 is 12.0 Å². The smallest absolute Gasteiger partial charge is 0.326 e. The van der Waals surface area contributed by atoms with Crippen molar-refractivity contribution in [1.29, 1.82) is 0 Å². The van der Waals surface area contributed by atoms with E-state index in [1.54, 1.807) is 23.1 Å². The van der Waals surface area contributed by atoms with Crippen LogP contribution in [0.4, 0.5) is 0 Å². The Morgan fingerprint density at radius 2 is 1.96 bits per heavy atom. The number of amides is 1. The van der Waals surface area contributed by atoms with Gasteiger partial charge in [-0.1, -0.05) is 30.1 Å². The first-order valence-corrected chi connectivity index (χ1v) is 10.1. The second kappa shape index (κ2) is 6.72. The molecule has 0 radical (unpaired) electrons. The maximum Gasteiger partial charge on any atom is 0.326 e. The summed E-state index contributed by atoms with van der Waals surface area (Å²) in [6.45, 7) is 0. The zero-order chi connectivity index (χ0) is 19.3. The topological polar surface area (TPSA) is 96.5 Å². The maximum absolute atomic E-state index is 13.3. The molecule has 1 saturated heterocycles. The molecule has 2 heterocycles. The van der Waals surface area contributed by atoms with Crippen LogP contribution < -0.4 is 0 Å². The zero-order valence-corrected chi connectivity index (χ0v) is 15.6. The summed E-state index contributed by atoms with van der Waals surface area (Å²) in [5, 5.41) is 13.7. The van der Waals surface area contributed by atoms with E-state index in [-0.39, 0.29) is 11.9 Å². The quantitative estimate of drug-likeness (QED) is 0.871. The van der Waals surface area contributed by atoms with Crippen LogP contribution in [0, 0.1) is 5.92 Å². The Hall–Kier alpha value is -2.70. The number of carbonyl (C=O) groups excluding carboxylic acids is 1. The molecule has 0 unspecified atom stereocenters. The highest BCUT2D eigenvalue weighted by Gasteiger charge is 2.47. The minimum atomic E-state index is -0.911. The lowest BCUT2D eigenvalue weighted by Crippen LogP contribution is -2.46. The van der Waals surface area contributed by atoms with E-state index in [0.717, 1.165) is 38.5 Å². The minimum absolute atomic E-state index is 0.0256. The summed E-state index contributed by atoms with van der Waals surface area (Å²) in [5.41, 5.74) is 1.19. The summed E-state index contributed by atoms with van der Waals surface area (Å²) in [4.78, 5) is 31.2. The third-order valence-corrected chi connectivity index (χ3v) is 6.34. The van der Waals surface area contributed by atoms with Crippen LogP contribution in [0.3, 0.4) is 0 Å². The number of carbonyl (C=O) groups is 2. The molecule has 1 aliphatic heterocycles. The monoisotopic (exact) mass is 381 g/mol.